The van der Waals surface area contributed by atoms with E-state index in [1.807, 2.05) is 0 Å². The van der Waals surface area contributed by atoms with Crippen molar-refractivity contribution in [3.63, 3.8) is 0 Å². The van der Waals surface area contributed by atoms with Gasteiger partial charge in [0.05, 0.1) is 6.54 Å². The normalized spacial score (nSPS) is 10.9. The molecule has 2 rings (SSSR count). The number of hydrogen-bond donors (Lipinski definition) is 1. The van der Waals surface area contributed by atoms with E-state index in [0.717, 1.165) is 0 Å². The van der Waals surface area contributed by atoms with Crippen LogP contribution in [0.5, 0.6) is 5.75 Å². The maximum Gasteiger partial charge on any atom is 0.263 e. The molecule has 6 heteroatoms. The average Bonchev–Trinajstić information content (AvgIpc) is 2.60. The van der Waals surface area contributed by atoms with E-state index in [-0.39, 0.29) is 18.1 Å². The van der Waals surface area contributed by atoms with Gasteiger partial charge in [-0.3, -0.25) is 14.4 Å². The lowest BCUT2D eigenvalue weighted by Gasteiger charge is -2.25. The third-order valence-electron chi connectivity index (χ3n) is 3.64. The minimum Gasteiger partial charge on any atom is -0.478 e. The van der Waals surface area contributed by atoms with Crippen LogP contribution in [0.25, 0.3) is 0 Å². The molecule has 0 atom stereocenters. The van der Waals surface area contributed by atoms with Crippen LogP contribution in [0.1, 0.15) is 36.7 Å². The Balaban J connectivity index is 2.06. The zero-order chi connectivity index (χ0) is 19.3. The number of Topliss-reactive ketones (excluding diaryl/α,β-unsaturated/α-hetero) is 1. The van der Waals surface area contributed by atoms with Crippen LogP contribution in [0.3, 0.4) is 0 Å². The molecule has 0 aromatic heterocycles. The molecular weight excluding hydrogens is 354 g/mol. The van der Waals surface area contributed by atoms with Crippen LogP contribution in [0.2, 0.25) is 5.02 Å². The fourth-order valence-electron chi connectivity index (χ4n) is 2.20. The lowest BCUT2D eigenvalue weighted by Crippen LogP contribution is -2.47. The van der Waals surface area contributed by atoms with Crippen LogP contribution in [0, 0.1) is 0 Å². The van der Waals surface area contributed by atoms with Gasteiger partial charge >= 0.3 is 0 Å². The van der Waals surface area contributed by atoms with Crippen molar-refractivity contribution in [1.29, 1.82) is 0 Å². The van der Waals surface area contributed by atoms with Crippen molar-refractivity contribution in [2.75, 3.05) is 6.54 Å². The molecule has 1 amide bonds. The third-order valence-corrected chi connectivity index (χ3v) is 3.89. The molecule has 0 aliphatic rings. The zero-order valence-electron chi connectivity index (χ0n) is 14.8. The minimum atomic E-state index is -1.16. The van der Waals surface area contributed by atoms with E-state index in [9.17, 15) is 14.4 Å². The second kappa shape index (κ2) is 8.15. The Morgan fingerprint density at radius 3 is 1.96 bits per heavy atom. The van der Waals surface area contributed by atoms with Gasteiger partial charge in [-0.2, -0.15) is 0 Å². The summed E-state index contributed by atoms with van der Waals surface area (Å²) in [5, 5.41) is 3.09. The molecule has 5 nitrogen and oxygen atoms in total. The first-order chi connectivity index (χ1) is 12.2. The molecule has 0 unspecified atom stereocenters. The number of nitrogens with one attached hydrogen (secondary N) is 1. The summed E-state index contributed by atoms with van der Waals surface area (Å²) in [6.07, 6.45) is 0. The SMILES string of the molecule is CC(=O)CNC(=O)C(C)(C)Oc1ccc(C(=O)c2ccc(Cl)cc2)cc1. The molecule has 0 saturated heterocycles. The van der Waals surface area contributed by atoms with Gasteiger partial charge < -0.3 is 10.1 Å². The predicted molar refractivity (Wildman–Crippen MR) is 99.7 cm³/mol. The van der Waals surface area contributed by atoms with Crippen molar-refractivity contribution in [2.45, 2.75) is 26.4 Å². The van der Waals surface area contributed by atoms with Gasteiger partial charge in [0.25, 0.3) is 5.91 Å². The Kier molecular flexibility index (Phi) is 6.16. The maximum atomic E-state index is 12.4. The summed E-state index contributed by atoms with van der Waals surface area (Å²) in [6.45, 7) is 4.56. The first-order valence-electron chi connectivity index (χ1n) is 8.06. The van der Waals surface area contributed by atoms with Gasteiger partial charge in [0, 0.05) is 16.1 Å². The monoisotopic (exact) mass is 373 g/mol. The largest absolute Gasteiger partial charge is 0.478 e. The number of halogens is 1. The second-order valence-electron chi connectivity index (χ2n) is 6.36. The average molecular weight is 374 g/mol. The molecule has 2 aromatic rings. The molecule has 0 fully saturated rings. The molecule has 26 heavy (non-hydrogen) atoms. The maximum absolute atomic E-state index is 12.4. The van der Waals surface area contributed by atoms with Crippen molar-refractivity contribution in [3.8, 4) is 5.75 Å². The van der Waals surface area contributed by atoms with Gasteiger partial charge in [-0.25, -0.2) is 0 Å². The van der Waals surface area contributed by atoms with Gasteiger partial charge in [-0.05, 0) is 69.3 Å². The Morgan fingerprint density at radius 1 is 0.962 bits per heavy atom. The molecule has 0 spiro atoms. The molecular formula is C20H20ClNO4. The number of carbonyl (C=O) groups excluding carboxylic acids is 3. The van der Waals surface area contributed by atoms with E-state index in [1.165, 1.54) is 6.92 Å². The van der Waals surface area contributed by atoms with Gasteiger partial charge in [-0.15, -0.1) is 0 Å². The lowest BCUT2D eigenvalue weighted by molar-refractivity contribution is -0.135. The summed E-state index contributed by atoms with van der Waals surface area (Å²) in [4.78, 5) is 35.5. The molecule has 0 aliphatic carbocycles. The van der Waals surface area contributed by atoms with Crippen LogP contribution < -0.4 is 10.1 Å². The molecule has 0 saturated carbocycles. The van der Waals surface area contributed by atoms with Crippen molar-refractivity contribution < 1.29 is 19.1 Å². The van der Waals surface area contributed by atoms with E-state index < -0.39 is 11.5 Å². The van der Waals surface area contributed by atoms with E-state index in [4.69, 9.17) is 16.3 Å². The van der Waals surface area contributed by atoms with E-state index in [0.29, 0.717) is 21.9 Å². The Bertz CT molecular complexity index is 811. The van der Waals surface area contributed by atoms with E-state index >= 15 is 0 Å². The summed E-state index contributed by atoms with van der Waals surface area (Å²) >= 11 is 5.83. The van der Waals surface area contributed by atoms with Gasteiger partial charge in [0.1, 0.15) is 11.5 Å². The molecule has 0 heterocycles. The van der Waals surface area contributed by atoms with Crippen LogP contribution >= 0.6 is 11.6 Å². The Hall–Kier alpha value is -2.66. The van der Waals surface area contributed by atoms with Gasteiger partial charge in [0.15, 0.2) is 11.4 Å². The van der Waals surface area contributed by atoms with E-state index in [1.54, 1.807) is 62.4 Å². The van der Waals surface area contributed by atoms with Crippen molar-refractivity contribution in [3.05, 3.63) is 64.7 Å². The number of ketones is 2. The molecule has 0 aliphatic heterocycles. The quantitative estimate of drug-likeness (QED) is 0.754. The Labute approximate surface area is 157 Å². The summed E-state index contributed by atoms with van der Waals surface area (Å²) in [7, 11) is 0. The summed E-state index contributed by atoms with van der Waals surface area (Å²) in [5.41, 5.74) is -0.123. The molecule has 136 valence electrons. The fourth-order valence-corrected chi connectivity index (χ4v) is 2.33. The number of carbonyl (C=O) groups is 3. The standard InChI is InChI=1S/C20H20ClNO4/c1-13(23)12-22-19(25)20(2,3)26-17-10-6-15(7-11-17)18(24)14-4-8-16(21)9-5-14/h4-11H,12H2,1-3H3,(H,22,25). The van der Waals surface area contributed by atoms with Crippen LogP contribution in [-0.4, -0.2) is 29.6 Å². The van der Waals surface area contributed by atoms with E-state index in [2.05, 4.69) is 5.32 Å². The number of ether oxygens (including phenoxy) is 1. The highest BCUT2D eigenvalue weighted by Gasteiger charge is 2.29. The molecule has 1 N–H and O–H groups in total. The van der Waals surface area contributed by atoms with Crippen LogP contribution in [0.15, 0.2) is 48.5 Å². The lowest BCUT2D eigenvalue weighted by atomic mass is 10.0. The first-order valence-corrected chi connectivity index (χ1v) is 8.44. The highest BCUT2D eigenvalue weighted by Crippen LogP contribution is 2.21. The summed E-state index contributed by atoms with van der Waals surface area (Å²) in [5.74, 6) is -0.222. The van der Waals surface area contributed by atoms with Crippen LogP contribution in [-0.2, 0) is 9.59 Å². The molecule has 0 radical (unpaired) electrons. The number of hydrogen-bond acceptors (Lipinski definition) is 4. The second-order valence-corrected chi connectivity index (χ2v) is 6.79. The zero-order valence-corrected chi connectivity index (χ0v) is 15.6. The summed E-state index contributed by atoms with van der Waals surface area (Å²) < 4.78 is 5.70. The molecule has 2 aromatic carbocycles. The van der Waals surface area contributed by atoms with Gasteiger partial charge in [0.2, 0.25) is 0 Å². The van der Waals surface area contributed by atoms with Gasteiger partial charge in [-0.1, -0.05) is 11.6 Å². The third kappa shape index (κ3) is 5.17. The Morgan fingerprint density at radius 2 is 1.46 bits per heavy atom. The number of amides is 1. The first kappa shape index (κ1) is 19.7. The topological polar surface area (TPSA) is 72.5 Å². The smallest absolute Gasteiger partial charge is 0.263 e. The predicted octanol–water partition coefficient (Wildman–Crippen LogP) is 3.43. The number of benzene rings is 2. The van der Waals surface area contributed by atoms with Crippen molar-refractivity contribution >= 4 is 29.1 Å². The molecule has 0 bridgehead atoms. The highest BCUT2D eigenvalue weighted by atomic mass is 35.5. The minimum absolute atomic E-state index is 0.0415. The van der Waals surface area contributed by atoms with Crippen molar-refractivity contribution in [1.82, 2.24) is 5.32 Å². The highest BCUT2D eigenvalue weighted by molar-refractivity contribution is 6.30. The van der Waals surface area contributed by atoms with Crippen LogP contribution in [0.4, 0.5) is 0 Å². The summed E-state index contributed by atoms with van der Waals surface area (Å²) in [6, 6.07) is 13.2. The number of rotatable bonds is 7. The van der Waals surface area contributed by atoms with Crippen molar-refractivity contribution in [2.24, 2.45) is 0 Å². The fraction of sp³-hybridized carbons (Fsp3) is 0.250.